The molecule has 0 aromatic heterocycles. The van der Waals surface area contributed by atoms with Crippen molar-refractivity contribution in [3.05, 3.63) is 100 Å². The fourth-order valence-electron chi connectivity index (χ4n) is 5.62. The molecular weight excluding hydrogens is 578 g/mol. The predicted molar refractivity (Wildman–Crippen MR) is 134 cm³/mol. The second kappa shape index (κ2) is 9.88. The minimum absolute atomic E-state index is 0.0192. The van der Waals surface area contributed by atoms with Crippen LogP contribution in [0.15, 0.2) is 72.8 Å². The van der Waals surface area contributed by atoms with Crippen molar-refractivity contribution in [2.45, 2.75) is 23.9 Å². The van der Waals surface area contributed by atoms with Gasteiger partial charge in [0.25, 0.3) is 0 Å². The first-order valence-electron chi connectivity index (χ1n) is 12.0. The summed E-state index contributed by atoms with van der Waals surface area (Å²) in [6.45, 7) is 0. The molecule has 2 saturated heterocycles. The van der Waals surface area contributed by atoms with Crippen LogP contribution in [0.5, 0.6) is 0 Å². The Hall–Kier alpha value is -3.90. The minimum Gasteiger partial charge on any atom is -0.468 e. The summed E-state index contributed by atoms with van der Waals surface area (Å²) in [6, 6.07) is 11.4. The average molecular weight is 597 g/mol. The summed E-state index contributed by atoms with van der Waals surface area (Å²) in [6.07, 6.45) is -9.41. The van der Waals surface area contributed by atoms with Crippen LogP contribution in [0.4, 0.5) is 32.0 Å². The van der Waals surface area contributed by atoms with Crippen molar-refractivity contribution in [2.75, 3.05) is 12.0 Å². The molecule has 0 aliphatic carbocycles. The van der Waals surface area contributed by atoms with E-state index >= 15 is 0 Å². The van der Waals surface area contributed by atoms with Crippen molar-refractivity contribution < 1.29 is 45.5 Å². The van der Waals surface area contributed by atoms with Crippen LogP contribution in [-0.4, -0.2) is 30.9 Å². The number of amides is 2. The number of alkyl halides is 6. The summed E-state index contributed by atoms with van der Waals surface area (Å²) >= 11 is 5.95. The van der Waals surface area contributed by atoms with Crippen molar-refractivity contribution in [3.63, 3.8) is 0 Å². The number of imide groups is 1. The van der Waals surface area contributed by atoms with E-state index in [1.165, 1.54) is 24.3 Å². The topological polar surface area (TPSA) is 75.7 Å². The predicted octanol–water partition coefficient (Wildman–Crippen LogP) is 5.57. The highest BCUT2D eigenvalue weighted by molar-refractivity contribution is 6.31. The van der Waals surface area contributed by atoms with Crippen molar-refractivity contribution in [3.8, 4) is 0 Å². The Labute approximate surface area is 233 Å². The highest BCUT2D eigenvalue weighted by Crippen LogP contribution is 2.53. The van der Waals surface area contributed by atoms with E-state index in [1.807, 2.05) is 0 Å². The van der Waals surface area contributed by atoms with Crippen LogP contribution in [0, 0.1) is 11.8 Å². The number of hydrogen-bond donors (Lipinski definition) is 1. The second-order valence-electron chi connectivity index (χ2n) is 9.60. The molecule has 1 N–H and O–H groups in total. The molecule has 0 unspecified atom stereocenters. The third-order valence-electron chi connectivity index (χ3n) is 7.43. The molecule has 0 saturated carbocycles. The normalized spacial score (nSPS) is 22.1. The third kappa shape index (κ3) is 4.64. The molecular formula is C28H19ClF6N2O4. The van der Waals surface area contributed by atoms with E-state index in [0.717, 1.165) is 60.5 Å². The van der Waals surface area contributed by atoms with Gasteiger partial charge in [0.15, 0.2) is 0 Å². The monoisotopic (exact) mass is 596 g/mol. The standard InChI is InChI=1S/C28H19ClF6N2O4/c1-41-25(40)22-20-21(24(39)37(23(20)38)19-12-10-18(29)11-13-19)26(36-22,14-2-6-16(7-3-14)27(30,31)32)15-4-8-17(9-5-15)28(33,34)35/h2-13,20-22,36H,1H3/t20-,21+,22+/m0/s1. The number of esters is 1. The molecule has 0 radical (unpaired) electrons. The fourth-order valence-corrected chi connectivity index (χ4v) is 5.75. The molecule has 0 spiro atoms. The highest BCUT2D eigenvalue weighted by Gasteiger charge is 2.68. The molecule has 3 atom stereocenters. The number of nitrogens with zero attached hydrogens (tertiary/aromatic N) is 1. The van der Waals surface area contributed by atoms with Crippen LogP contribution in [0.3, 0.4) is 0 Å². The lowest BCUT2D eigenvalue weighted by molar-refractivity contribution is -0.145. The van der Waals surface area contributed by atoms with Gasteiger partial charge in [-0.3, -0.25) is 19.7 Å². The van der Waals surface area contributed by atoms with Crippen LogP contribution in [0.25, 0.3) is 0 Å². The first-order chi connectivity index (χ1) is 19.2. The van der Waals surface area contributed by atoms with Crippen molar-refractivity contribution in [1.29, 1.82) is 0 Å². The molecule has 3 aromatic rings. The largest absolute Gasteiger partial charge is 0.468 e. The highest BCUT2D eigenvalue weighted by atomic mass is 35.5. The number of hydrogen-bond acceptors (Lipinski definition) is 5. The van der Waals surface area contributed by atoms with Gasteiger partial charge in [0.2, 0.25) is 11.8 Å². The summed E-state index contributed by atoms with van der Waals surface area (Å²) in [4.78, 5) is 41.6. The van der Waals surface area contributed by atoms with E-state index in [9.17, 15) is 40.7 Å². The van der Waals surface area contributed by atoms with Crippen LogP contribution < -0.4 is 10.2 Å². The number of methoxy groups -OCH3 is 1. The maximum Gasteiger partial charge on any atom is 0.416 e. The Morgan fingerprint density at radius 2 is 1.27 bits per heavy atom. The lowest BCUT2D eigenvalue weighted by atomic mass is 9.71. The quantitative estimate of drug-likeness (QED) is 0.242. The zero-order valence-electron chi connectivity index (χ0n) is 20.9. The lowest BCUT2D eigenvalue weighted by Gasteiger charge is -2.36. The van der Waals surface area contributed by atoms with E-state index in [2.05, 4.69) is 5.32 Å². The Bertz CT molecular complexity index is 1450. The number of ether oxygens (including phenoxy) is 1. The van der Waals surface area contributed by atoms with E-state index in [4.69, 9.17) is 16.3 Å². The van der Waals surface area contributed by atoms with Gasteiger partial charge in [-0.1, -0.05) is 35.9 Å². The molecule has 2 fully saturated rings. The Kier molecular flexibility index (Phi) is 6.90. The SMILES string of the molecule is COC(=O)[C@@H]1NC(c2ccc(C(F)(F)F)cc2)(c2ccc(C(F)(F)F)cc2)[C@H]2C(=O)N(c3ccc(Cl)cc3)C(=O)[C@H]12. The van der Waals surface area contributed by atoms with Crippen LogP contribution in [-0.2, 0) is 37.0 Å². The van der Waals surface area contributed by atoms with Crippen LogP contribution in [0.1, 0.15) is 22.3 Å². The van der Waals surface area contributed by atoms with Gasteiger partial charge in [-0.05, 0) is 59.7 Å². The Balaban J connectivity index is 1.75. The molecule has 2 heterocycles. The minimum atomic E-state index is -4.70. The molecule has 13 heteroatoms. The van der Waals surface area contributed by atoms with E-state index < -0.39 is 64.7 Å². The van der Waals surface area contributed by atoms with Gasteiger partial charge < -0.3 is 4.74 Å². The van der Waals surface area contributed by atoms with E-state index in [-0.39, 0.29) is 16.8 Å². The number of carbonyl (C=O) groups excluding carboxylic acids is 3. The fraction of sp³-hybridized carbons (Fsp3) is 0.250. The number of fused-ring (bicyclic) bond motifs is 1. The zero-order valence-corrected chi connectivity index (χ0v) is 21.6. The molecule has 214 valence electrons. The number of nitrogens with one attached hydrogen (secondary N) is 1. The number of anilines is 1. The molecule has 41 heavy (non-hydrogen) atoms. The van der Waals surface area contributed by atoms with Crippen molar-refractivity contribution in [1.82, 2.24) is 5.32 Å². The number of rotatable bonds is 4. The summed E-state index contributed by atoms with van der Waals surface area (Å²) in [5, 5.41) is 3.23. The maximum atomic E-state index is 14.1. The summed E-state index contributed by atoms with van der Waals surface area (Å²) in [5.74, 6) is -5.43. The zero-order chi connectivity index (χ0) is 29.9. The van der Waals surface area contributed by atoms with Crippen molar-refractivity contribution in [2.24, 2.45) is 11.8 Å². The Morgan fingerprint density at radius 1 is 0.805 bits per heavy atom. The van der Waals surface area contributed by atoms with Gasteiger partial charge in [-0.25, -0.2) is 4.90 Å². The van der Waals surface area contributed by atoms with Crippen molar-refractivity contribution >= 4 is 35.1 Å². The number of carbonyl (C=O) groups is 3. The molecule has 2 aliphatic heterocycles. The number of benzene rings is 3. The summed E-state index contributed by atoms with van der Waals surface area (Å²) in [5.41, 5.74) is -3.77. The lowest BCUT2D eigenvalue weighted by Crippen LogP contribution is -2.52. The van der Waals surface area contributed by atoms with Gasteiger partial charge in [0.05, 0.1) is 41.3 Å². The van der Waals surface area contributed by atoms with Gasteiger partial charge in [-0.2, -0.15) is 26.3 Å². The Morgan fingerprint density at radius 3 is 1.68 bits per heavy atom. The van der Waals surface area contributed by atoms with Gasteiger partial charge >= 0.3 is 18.3 Å². The molecule has 2 amide bonds. The molecule has 6 nitrogen and oxygen atoms in total. The third-order valence-corrected chi connectivity index (χ3v) is 7.69. The van der Waals surface area contributed by atoms with E-state index in [0.29, 0.717) is 5.02 Å². The first kappa shape index (κ1) is 28.6. The smallest absolute Gasteiger partial charge is 0.416 e. The number of halogens is 7. The van der Waals surface area contributed by atoms with E-state index in [1.54, 1.807) is 0 Å². The molecule has 2 aliphatic rings. The first-order valence-corrected chi connectivity index (χ1v) is 12.4. The average Bonchev–Trinajstić information content (AvgIpc) is 3.42. The summed E-state index contributed by atoms with van der Waals surface area (Å²) < 4.78 is 85.2. The van der Waals surface area contributed by atoms with Gasteiger partial charge in [0.1, 0.15) is 6.04 Å². The second-order valence-corrected chi connectivity index (χ2v) is 10.0. The maximum absolute atomic E-state index is 14.1. The van der Waals surface area contributed by atoms with Crippen LogP contribution in [0.2, 0.25) is 5.02 Å². The molecule has 0 bridgehead atoms. The van der Waals surface area contributed by atoms with Crippen LogP contribution >= 0.6 is 11.6 Å². The van der Waals surface area contributed by atoms with Gasteiger partial charge in [-0.15, -0.1) is 0 Å². The summed E-state index contributed by atoms with van der Waals surface area (Å²) in [7, 11) is 1.05. The molecule has 3 aromatic carbocycles. The van der Waals surface area contributed by atoms with Gasteiger partial charge in [0, 0.05) is 5.02 Å². The molecule has 5 rings (SSSR count).